The van der Waals surface area contributed by atoms with E-state index in [1.54, 1.807) is 4.90 Å². The second-order valence-electron chi connectivity index (χ2n) is 8.78. The summed E-state index contributed by atoms with van der Waals surface area (Å²) in [6.07, 6.45) is 0.512. The molecule has 1 aliphatic rings. The monoisotopic (exact) mass is 398 g/mol. The average molecular weight is 399 g/mol. The van der Waals surface area contributed by atoms with E-state index >= 15 is 0 Å². The minimum Gasteiger partial charge on any atom is -0.444 e. The Bertz CT molecular complexity index is 802. The van der Waals surface area contributed by atoms with E-state index in [2.05, 4.69) is 24.4 Å². The summed E-state index contributed by atoms with van der Waals surface area (Å²) < 4.78 is 19.0. The lowest BCUT2D eigenvalue weighted by Crippen LogP contribution is -2.51. The van der Waals surface area contributed by atoms with Crippen LogP contribution in [0, 0.1) is 5.82 Å². The Labute approximate surface area is 173 Å². The number of rotatable bonds is 4. The molecule has 0 unspecified atom stereocenters. The number of piperidine rings is 1. The second kappa shape index (κ2) is 8.95. The standard InChI is InChI=1S/C24H31FN2O2/c1-17(18-8-6-5-7-9-18)26-22-14-15-27(23(28)29-24(2,3)4)16-21(22)19-10-12-20(25)13-11-19/h5-13,17,21-22,26H,14-16H2,1-4H3/t17-,21-,22-/m1/s1. The van der Waals surface area contributed by atoms with Crippen molar-refractivity contribution in [3.63, 3.8) is 0 Å². The average Bonchev–Trinajstić information content (AvgIpc) is 2.68. The normalized spacial score (nSPS) is 20.9. The highest BCUT2D eigenvalue weighted by molar-refractivity contribution is 5.68. The highest BCUT2D eigenvalue weighted by Gasteiger charge is 2.35. The van der Waals surface area contributed by atoms with E-state index in [-0.39, 0.29) is 29.9 Å². The van der Waals surface area contributed by atoms with Gasteiger partial charge in [0.05, 0.1) is 0 Å². The molecule has 0 aromatic heterocycles. The molecule has 0 saturated carbocycles. The third-order valence-corrected chi connectivity index (χ3v) is 5.33. The van der Waals surface area contributed by atoms with Crippen LogP contribution in [0.15, 0.2) is 54.6 Å². The van der Waals surface area contributed by atoms with Gasteiger partial charge in [-0.15, -0.1) is 0 Å². The first-order valence-corrected chi connectivity index (χ1v) is 10.3. The molecule has 156 valence electrons. The minimum atomic E-state index is -0.528. The molecular formula is C24H31FN2O2. The van der Waals surface area contributed by atoms with Crippen LogP contribution < -0.4 is 5.32 Å². The number of halogens is 1. The largest absolute Gasteiger partial charge is 0.444 e. The van der Waals surface area contributed by atoms with Crippen LogP contribution in [0.1, 0.15) is 57.2 Å². The summed E-state index contributed by atoms with van der Waals surface area (Å²) in [7, 11) is 0. The van der Waals surface area contributed by atoms with E-state index in [9.17, 15) is 9.18 Å². The Kier molecular flexibility index (Phi) is 6.58. The smallest absolute Gasteiger partial charge is 0.410 e. The number of hydrogen-bond donors (Lipinski definition) is 1. The van der Waals surface area contributed by atoms with Gasteiger partial charge in [-0.3, -0.25) is 0 Å². The van der Waals surface area contributed by atoms with E-state index in [4.69, 9.17) is 4.74 Å². The zero-order valence-electron chi connectivity index (χ0n) is 17.7. The van der Waals surface area contributed by atoms with Crippen LogP contribution in [-0.4, -0.2) is 35.7 Å². The predicted octanol–water partition coefficient (Wildman–Crippen LogP) is 5.27. The van der Waals surface area contributed by atoms with Crippen molar-refractivity contribution >= 4 is 6.09 Å². The van der Waals surface area contributed by atoms with Gasteiger partial charge in [0.1, 0.15) is 11.4 Å². The Balaban J connectivity index is 1.78. The van der Waals surface area contributed by atoms with Crippen LogP contribution in [0.5, 0.6) is 0 Å². The number of amides is 1. The molecule has 1 saturated heterocycles. The summed E-state index contributed by atoms with van der Waals surface area (Å²) in [5.74, 6) is -0.196. The molecule has 3 rings (SSSR count). The molecule has 1 fully saturated rings. The third-order valence-electron chi connectivity index (χ3n) is 5.33. The maximum absolute atomic E-state index is 13.5. The summed E-state index contributed by atoms with van der Waals surface area (Å²) in [5, 5.41) is 3.73. The molecule has 1 amide bonds. The van der Waals surface area contributed by atoms with Crippen LogP contribution in [0.3, 0.4) is 0 Å². The SMILES string of the molecule is C[C@@H](N[C@@H]1CCN(C(=O)OC(C)(C)C)C[C@@H]1c1ccc(F)cc1)c1ccccc1. The molecule has 1 aliphatic heterocycles. The maximum Gasteiger partial charge on any atom is 0.410 e. The molecule has 0 spiro atoms. The number of carbonyl (C=O) groups is 1. The van der Waals surface area contributed by atoms with Gasteiger partial charge in [-0.05, 0) is 57.4 Å². The van der Waals surface area contributed by atoms with Crippen LogP contribution in [0.25, 0.3) is 0 Å². The fraction of sp³-hybridized carbons (Fsp3) is 0.458. The van der Waals surface area contributed by atoms with Crippen molar-refractivity contribution in [2.75, 3.05) is 13.1 Å². The molecule has 1 N–H and O–H groups in total. The van der Waals surface area contributed by atoms with Crippen molar-refractivity contribution in [1.82, 2.24) is 10.2 Å². The van der Waals surface area contributed by atoms with E-state index < -0.39 is 5.60 Å². The van der Waals surface area contributed by atoms with Crippen molar-refractivity contribution in [3.8, 4) is 0 Å². The van der Waals surface area contributed by atoms with Crippen molar-refractivity contribution in [2.24, 2.45) is 0 Å². The van der Waals surface area contributed by atoms with Gasteiger partial charge in [0.15, 0.2) is 0 Å². The highest BCUT2D eigenvalue weighted by atomic mass is 19.1. The number of benzene rings is 2. The summed E-state index contributed by atoms with van der Waals surface area (Å²) >= 11 is 0. The molecule has 2 aromatic carbocycles. The zero-order chi connectivity index (χ0) is 21.0. The molecule has 2 aromatic rings. The summed E-state index contributed by atoms with van der Waals surface area (Å²) in [6, 6.07) is 17.3. The quantitative estimate of drug-likeness (QED) is 0.763. The number of nitrogens with one attached hydrogen (secondary N) is 1. The molecule has 4 nitrogen and oxygen atoms in total. The van der Waals surface area contributed by atoms with Crippen LogP contribution in [0.4, 0.5) is 9.18 Å². The third kappa shape index (κ3) is 5.80. The number of ether oxygens (including phenoxy) is 1. The fourth-order valence-electron chi connectivity index (χ4n) is 3.85. The summed E-state index contributed by atoms with van der Waals surface area (Å²) in [4.78, 5) is 14.4. The lowest BCUT2D eigenvalue weighted by atomic mass is 9.85. The van der Waals surface area contributed by atoms with E-state index in [0.29, 0.717) is 13.1 Å². The van der Waals surface area contributed by atoms with Crippen molar-refractivity contribution in [2.45, 2.75) is 57.7 Å². The van der Waals surface area contributed by atoms with E-state index in [1.165, 1.54) is 17.7 Å². The topological polar surface area (TPSA) is 41.6 Å². The van der Waals surface area contributed by atoms with Gasteiger partial charge in [-0.1, -0.05) is 42.5 Å². The predicted molar refractivity (Wildman–Crippen MR) is 113 cm³/mol. The molecule has 1 heterocycles. The van der Waals surface area contributed by atoms with Gasteiger partial charge < -0.3 is 15.0 Å². The number of carbonyl (C=O) groups excluding carboxylic acids is 1. The Morgan fingerprint density at radius 3 is 2.41 bits per heavy atom. The highest BCUT2D eigenvalue weighted by Crippen LogP contribution is 2.30. The number of hydrogen-bond acceptors (Lipinski definition) is 3. The lowest BCUT2D eigenvalue weighted by Gasteiger charge is -2.40. The Morgan fingerprint density at radius 1 is 1.14 bits per heavy atom. The van der Waals surface area contributed by atoms with Gasteiger partial charge in [0, 0.05) is 31.1 Å². The Morgan fingerprint density at radius 2 is 1.79 bits per heavy atom. The molecule has 3 atom stereocenters. The number of likely N-dealkylation sites (tertiary alicyclic amines) is 1. The lowest BCUT2D eigenvalue weighted by molar-refractivity contribution is 0.0172. The summed E-state index contributed by atoms with van der Waals surface area (Å²) in [6.45, 7) is 8.94. The first-order valence-electron chi connectivity index (χ1n) is 10.3. The second-order valence-corrected chi connectivity index (χ2v) is 8.78. The molecule has 0 radical (unpaired) electrons. The van der Waals surface area contributed by atoms with Crippen molar-refractivity contribution < 1.29 is 13.9 Å². The van der Waals surface area contributed by atoms with Crippen LogP contribution >= 0.6 is 0 Å². The molecule has 0 bridgehead atoms. The summed E-state index contributed by atoms with van der Waals surface area (Å²) in [5.41, 5.74) is 1.72. The Hall–Kier alpha value is -2.40. The molecular weight excluding hydrogens is 367 g/mol. The van der Waals surface area contributed by atoms with Gasteiger partial charge in [-0.25, -0.2) is 9.18 Å². The fourth-order valence-corrected chi connectivity index (χ4v) is 3.85. The zero-order valence-corrected chi connectivity index (χ0v) is 17.7. The van der Waals surface area contributed by atoms with E-state index in [1.807, 2.05) is 51.1 Å². The van der Waals surface area contributed by atoms with Crippen molar-refractivity contribution in [3.05, 3.63) is 71.5 Å². The number of nitrogens with zero attached hydrogens (tertiary/aromatic N) is 1. The minimum absolute atomic E-state index is 0.0584. The van der Waals surface area contributed by atoms with Gasteiger partial charge in [-0.2, -0.15) is 0 Å². The molecule has 0 aliphatic carbocycles. The van der Waals surface area contributed by atoms with Gasteiger partial charge >= 0.3 is 6.09 Å². The first kappa shape index (κ1) is 21.3. The van der Waals surface area contributed by atoms with Crippen molar-refractivity contribution in [1.29, 1.82) is 0 Å². The molecule has 29 heavy (non-hydrogen) atoms. The van der Waals surface area contributed by atoms with E-state index in [0.717, 1.165) is 12.0 Å². The first-order chi connectivity index (χ1) is 13.7. The van der Waals surface area contributed by atoms with Crippen LogP contribution in [-0.2, 0) is 4.74 Å². The van der Waals surface area contributed by atoms with Gasteiger partial charge in [0.25, 0.3) is 0 Å². The van der Waals surface area contributed by atoms with Crippen LogP contribution in [0.2, 0.25) is 0 Å². The molecule has 5 heteroatoms. The van der Waals surface area contributed by atoms with Gasteiger partial charge in [0.2, 0.25) is 0 Å². The maximum atomic E-state index is 13.5.